The van der Waals surface area contributed by atoms with Crippen molar-refractivity contribution in [3.63, 3.8) is 0 Å². The zero-order chi connectivity index (χ0) is 24.0. The van der Waals surface area contributed by atoms with Crippen LogP contribution in [0.25, 0.3) is 11.3 Å². The van der Waals surface area contributed by atoms with Crippen molar-refractivity contribution in [3.05, 3.63) is 64.7 Å². The van der Waals surface area contributed by atoms with Crippen LogP contribution in [0.4, 0.5) is 5.82 Å². The number of carbonyl (C=O) groups is 2. The van der Waals surface area contributed by atoms with Crippen LogP contribution in [0.3, 0.4) is 0 Å². The number of nitrogens with one attached hydrogen (secondary N) is 1. The molecule has 176 valence electrons. The number of rotatable bonds is 7. The first-order chi connectivity index (χ1) is 16.4. The van der Waals surface area contributed by atoms with Crippen molar-refractivity contribution in [2.24, 2.45) is 17.6 Å². The van der Waals surface area contributed by atoms with Gasteiger partial charge in [-0.25, -0.2) is 4.68 Å². The van der Waals surface area contributed by atoms with Crippen molar-refractivity contribution in [3.8, 4) is 17.0 Å². The van der Waals surface area contributed by atoms with Crippen LogP contribution in [0, 0.1) is 18.8 Å². The van der Waals surface area contributed by atoms with Gasteiger partial charge in [0, 0.05) is 12.1 Å². The maximum atomic E-state index is 12.7. The van der Waals surface area contributed by atoms with Gasteiger partial charge in [-0.15, -0.1) is 0 Å². The highest BCUT2D eigenvalue weighted by molar-refractivity contribution is 6.03. The Balaban J connectivity index is 1.33. The number of ether oxygens (including phenoxy) is 1. The summed E-state index contributed by atoms with van der Waals surface area (Å²) in [5, 5.41) is 7.65. The van der Waals surface area contributed by atoms with Crippen molar-refractivity contribution in [2.45, 2.75) is 38.8 Å². The molecule has 2 saturated carbocycles. The van der Waals surface area contributed by atoms with Crippen LogP contribution in [-0.4, -0.2) is 28.7 Å². The molecule has 1 unspecified atom stereocenters. The van der Waals surface area contributed by atoms with E-state index in [-0.39, 0.29) is 17.5 Å². The molecule has 5 rings (SSSR count). The van der Waals surface area contributed by atoms with Gasteiger partial charge >= 0.3 is 0 Å². The summed E-state index contributed by atoms with van der Waals surface area (Å²) in [4.78, 5) is 24.9. The molecule has 2 aromatic carbocycles. The summed E-state index contributed by atoms with van der Waals surface area (Å²) in [6.45, 7) is 2.28. The molecular weight excluding hydrogens is 430 g/mol. The summed E-state index contributed by atoms with van der Waals surface area (Å²) in [6, 6.07) is 13.3. The van der Waals surface area contributed by atoms with E-state index in [0.29, 0.717) is 29.4 Å². The molecule has 5 N–H and O–H groups in total. The second kappa shape index (κ2) is 8.52. The van der Waals surface area contributed by atoms with E-state index < -0.39 is 5.91 Å². The lowest BCUT2D eigenvalue weighted by Gasteiger charge is -2.14. The molecule has 0 saturated heterocycles. The third kappa shape index (κ3) is 4.00. The first kappa shape index (κ1) is 22.0. The van der Waals surface area contributed by atoms with E-state index >= 15 is 0 Å². The van der Waals surface area contributed by atoms with Gasteiger partial charge < -0.3 is 21.5 Å². The minimum atomic E-state index is -0.578. The average Bonchev–Trinajstić information content (AvgIpc) is 3.27. The van der Waals surface area contributed by atoms with Gasteiger partial charge in [0.25, 0.3) is 11.8 Å². The number of methoxy groups -OCH3 is 1. The Morgan fingerprint density at radius 3 is 2.47 bits per heavy atom. The van der Waals surface area contributed by atoms with Crippen LogP contribution in [0.5, 0.6) is 5.75 Å². The number of nitrogen functional groups attached to an aromatic ring is 1. The van der Waals surface area contributed by atoms with Gasteiger partial charge in [0.1, 0.15) is 22.8 Å². The van der Waals surface area contributed by atoms with Gasteiger partial charge in [-0.2, -0.15) is 5.10 Å². The fourth-order valence-corrected chi connectivity index (χ4v) is 5.11. The van der Waals surface area contributed by atoms with Crippen molar-refractivity contribution in [2.75, 3.05) is 12.8 Å². The summed E-state index contributed by atoms with van der Waals surface area (Å²) >= 11 is 0. The van der Waals surface area contributed by atoms with Crippen LogP contribution in [-0.2, 0) is 6.54 Å². The maximum Gasteiger partial charge on any atom is 0.255 e. The molecule has 3 aromatic rings. The topological polar surface area (TPSA) is 125 Å². The molecule has 2 amide bonds. The molecule has 0 radical (unpaired) electrons. The summed E-state index contributed by atoms with van der Waals surface area (Å²) < 4.78 is 7.10. The van der Waals surface area contributed by atoms with Crippen molar-refractivity contribution in [1.29, 1.82) is 0 Å². The first-order valence-electron chi connectivity index (χ1n) is 11.6. The molecule has 0 bridgehead atoms. The Morgan fingerprint density at radius 2 is 1.82 bits per heavy atom. The van der Waals surface area contributed by atoms with Gasteiger partial charge in [0.2, 0.25) is 0 Å². The number of hydrogen-bond acceptors (Lipinski definition) is 5. The Bertz CT molecular complexity index is 1250. The number of hydrogen-bond donors (Lipinski definition) is 3. The van der Waals surface area contributed by atoms with Crippen LogP contribution in [0.15, 0.2) is 42.5 Å². The molecule has 1 aromatic heterocycles. The molecule has 2 fully saturated rings. The number of aromatic nitrogens is 2. The van der Waals surface area contributed by atoms with Gasteiger partial charge in [0.15, 0.2) is 0 Å². The highest BCUT2D eigenvalue weighted by atomic mass is 16.5. The maximum absolute atomic E-state index is 12.7. The summed E-state index contributed by atoms with van der Waals surface area (Å²) in [5.41, 5.74) is 15.9. The quantitative estimate of drug-likeness (QED) is 0.499. The molecule has 0 spiro atoms. The number of primary amides is 1. The van der Waals surface area contributed by atoms with E-state index in [4.69, 9.17) is 21.3 Å². The van der Waals surface area contributed by atoms with E-state index in [0.717, 1.165) is 41.4 Å². The number of benzene rings is 2. The highest BCUT2D eigenvalue weighted by Crippen LogP contribution is 2.56. The number of nitrogens with zero attached hydrogens (tertiary/aromatic N) is 2. The van der Waals surface area contributed by atoms with Crippen LogP contribution in [0.2, 0.25) is 0 Å². The third-order valence-electron chi connectivity index (χ3n) is 7.04. The van der Waals surface area contributed by atoms with Gasteiger partial charge in [-0.05, 0) is 55.7 Å². The van der Waals surface area contributed by atoms with Gasteiger partial charge in [0.05, 0.1) is 18.7 Å². The highest BCUT2D eigenvalue weighted by Gasteiger charge is 2.47. The fourth-order valence-electron chi connectivity index (χ4n) is 5.11. The first-order valence-corrected chi connectivity index (χ1v) is 11.6. The number of amides is 2. The SMILES string of the molecule is COc1ccc(C)cc1C(=O)NCc1ccc(-c2nn(C3C[C@@H]4C[C@@H]4C3)c(N)c2C(N)=O)cc1. The number of nitrogens with two attached hydrogens (primary N) is 2. The van der Waals surface area contributed by atoms with Crippen molar-refractivity contribution < 1.29 is 14.3 Å². The molecule has 2 aliphatic carbocycles. The second-order valence-corrected chi connectivity index (χ2v) is 9.38. The van der Waals surface area contributed by atoms with E-state index in [1.165, 1.54) is 6.42 Å². The smallest absolute Gasteiger partial charge is 0.255 e. The number of anilines is 1. The lowest BCUT2D eigenvalue weighted by molar-refractivity contribution is 0.0946. The molecule has 34 heavy (non-hydrogen) atoms. The van der Waals surface area contributed by atoms with E-state index in [1.807, 2.05) is 37.3 Å². The van der Waals surface area contributed by atoms with Crippen molar-refractivity contribution >= 4 is 17.6 Å². The fraction of sp³-hybridized carbons (Fsp3) is 0.346. The summed E-state index contributed by atoms with van der Waals surface area (Å²) in [5.74, 6) is 1.63. The Morgan fingerprint density at radius 1 is 1.12 bits per heavy atom. The number of fused-ring (bicyclic) bond motifs is 1. The molecule has 8 nitrogen and oxygen atoms in total. The van der Waals surface area contributed by atoms with Crippen LogP contribution >= 0.6 is 0 Å². The standard InChI is InChI=1S/C26H29N5O3/c1-14-3-8-21(34-2)20(9-14)26(33)29-13-15-4-6-16(7-5-15)23-22(25(28)32)24(27)31(30-23)19-11-17-10-18(17)12-19/h3-9,17-19H,10-13,27H2,1-2H3,(H2,28,32)(H,29,33)/t17-,18+,19?. The van der Waals surface area contributed by atoms with E-state index in [2.05, 4.69) is 5.32 Å². The molecular formula is C26H29N5O3. The predicted octanol–water partition coefficient (Wildman–Crippen LogP) is 3.45. The van der Waals surface area contributed by atoms with E-state index in [9.17, 15) is 9.59 Å². The predicted molar refractivity (Wildman–Crippen MR) is 129 cm³/mol. The average molecular weight is 460 g/mol. The third-order valence-corrected chi connectivity index (χ3v) is 7.04. The van der Waals surface area contributed by atoms with Crippen molar-refractivity contribution in [1.82, 2.24) is 15.1 Å². The molecule has 2 aliphatic rings. The molecule has 0 aliphatic heterocycles. The largest absolute Gasteiger partial charge is 0.496 e. The van der Waals surface area contributed by atoms with Gasteiger partial charge in [-0.1, -0.05) is 35.9 Å². The van der Waals surface area contributed by atoms with Crippen LogP contribution in [0.1, 0.15) is 57.1 Å². The Hall–Kier alpha value is -3.81. The second-order valence-electron chi connectivity index (χ2n) is 9.38. The minimum Gasteiger partial charge on any atom is -0.496 e. The van der Waals surface area contributed by atoms with Crippen LogP contribution < -0.4 is 21.5 Å². The number of aryl methyl sites for hydroxylation is 1. The minimum absolute atomic E-state index is 0.207. The normalized spacial score (nSPS) is 20.6. The molecule has 1 heterocycles. The lowest BCUT2D eigenvalue weighted by Crippen LogP contribution is -2.23. The zero-order valence-corrected chi connectivity index (χ0v) is 19.4. The lowest BCUT2D eigenvalue weighted by atomic mass is 10.0. The summed E-state index contributed by atoms with van der Waals surface area (Å²) in [7, 11) is 1.55. The van der Waals surface area contributed by atoms with E-state index in [1.54, 1.807) is 23.9 Å². The Labute approximate surface area is 198 Å². The monoisotopic (exact) mass is 459 g/mol. The molecule has 8 heteroatoms. The Kier molecular flexibility index (Phi) is 5.51. The molecule has 3 atom stereocenters. The number of carbonyl (C=O) groups excluding carboxylic acids is 2. The summed E-state index contributed by atoms with van der Waals surface area (Å²) in [6.07, 6.45) is 3.40. The van der Waals surface area contributed by atoms with Gasteiger partial charge in [-0.3, -0.25) is 9.59 Å². The zero-order valence-electron chi connectivity index (χ0n) is 19.4.